The van der Waals surface area contributed by atoms with Crippen LogP contribution in [0.3, 0.4) is 0 Å². The minimum Gasteiger partial charge on any atom is -0.338 e. The van der Waals surface area contributed by atoms with Crippen molar-refractivity contribution in [1.82, 2.24) is 0 Å². The second-order valence-electron chi connectivity index (χ2n) is 3.68. The summed E-state index contributed by atoms with van der Waals surface area (Å²) in [4.78, 5) is 0. The molecule has 0 aromatic carbocycles. The van der Waals surface area contributed by atoms with Gasteiger partial charge in [0.15, 0.2) is 0 Å². The summed E-state index contributed by atoms with van der Waals surface area (Å²) < 4.78 is 0. The molecule has 0 aromatic rings. The molecule has 0 bridgehead atoms. The Morgan fingerprint density at radius 2 is 2.33 bits per heavy atom. The first-order valence-electron chi connectivity index (χ1n) is 4.92. The summed E-state index contributed by atoms with van der Waals surface area (Å²) >= 11 is 0. The van der Waals surface area contributed by atoms with Crippen LogP contribution in [0.25, 0.3) is 0 Å². The molecular weight excluding hydrogens is 146 g/mol. The van der Waals surface area contributed by atoms with E-state index in [1.165, 1.54) is 25.8 Å². The number of quaternary nitrogens is 1. The molecule has 1 heterocycles. The van der Waals surface area contributed by atoms with E-state index in [9.17, 15) is 0 Å². The molecule has 1 aliphatic heterocycles. The highest BCUT2D eigenvalue weighted by atomic mass is 15.0. The van der Waals surface area contributed by atoms with Crippen LogP contribution >= 0.6 is 0 Å². The number of rotatable bonds is 3. The van der Waals surface area contributed by atoms with Crippen molar-refractivity contribution in [2.24, 2.45) is 0 Å². The fourth-order valence-corrected chi connectivity index (χ4v) is 2.10. The van der Waals surface area contributed by atoms with E-state index in [1.807, 2.05) is 6.08 Å². The van der Waals surface area contributed by atoms with Crippen molar-refractivity contribution in [2.45, 2.75) is 38.1 Å². The molecular formula is C11H20N+. The molecule has 1 saturated heterocycles. The molecule has 1 aliphatic rings. The van der Waals surface area contributed by atoms with Crippen molar-refractivity contribution < 1.29 is 5.32 Å². The topological polar surface area (TPSA) is 16.6 Å². The van der Waals surface area contributed by atoms with Crippen LogP contribution < -0.4 is 5.32 Å². The molecule has 0 saturated carbocycles. The van der Waals surface area contributed by atoms with Crippen molar-refractivity contribution in [3.05, 3.63) is 24.8 Å². The predicted molar refractivity (Wildman–Crippen MR) is 53.0 cm³/mol. The zero-order valence-electron chi connectivity index (χ0n) is 8.05. The summed E-state index contributed by atoms with van der Waals surface area (Å²) in [5, 5.41) is 2.47. The third-order valence-corrected chi connectivity index (χ3v) is 2.67. The number of hydrogen-bond donors (Lipinski definition) is 1. The zero-order valence-corrected chi connectivity index (χ0v) is 8.05. The average molecular weight is 166 g/mol. The number of nitrogens with two attached hydrogens (primary N) is 1. The van der Waals surface area contributed by atoms with Gasteiger partial charge in [-0.25, -0.2) is 0 Å². The Kier molecular flexibility index (Phi) is 3.54. The van der Waals surface area contributed by atoms with Crippen molar-refractivity contribution in [3.8, 4) is 0 Å². The van der Waals surface area contributed by atoms with Crippen LogP contribution in [-0.2, 0) is 0 Å². The Hall–Kier alpha value is -0.560. The second kappa shape index (κ2) is 4.46. The first-order valence-corrected chi connectivity index (χ1v) is 4.92. The van der Waals surface area contributed by atoms with Gasteiger partial charge in [-0.2, -0.15) is 0 Å². The van der Waals surface area contributed by atoms with Crippen molar-refractivity contribution in [3.63, 3.8) is 0 Å². The molecule has 1 atom stereocenters. The van der Waals surface area contributed by atoms with Gasteiger partial charge in [0.25, 0.3) is 0 Å². The molecule has 0 aliphatic carbocycles. The van der Waals surface area contributed by atoms with Gasteiger partial charge in [-0.3, -0.25) is 0 Å². The van der Waals surface area contributed by atoms with E-state index in [4.69, 9.17) is 0 Å². The van der Waals surface area contributed by atoms with E-state index >= 15 is 0 Å². The fourth-order valence-electron chi connectivity index (χ4n) is 2.10. The largest absolute Gasteiger partial charge is 0.338 e. The van der Waals surface area contributed by atoms with E-state index in [0.29, 0.717) is 5.54 Å². The zero-order chi connectivity index (χ0) is 8.86. The Labute approximate surface area is 75.6 Å². The van der Waals surface area contributed by atoms with Crippen LogP contribution in [0, 0.1) is 0 Å². The molecule has 1 heteroatoms. The van der Waals surface area contributed by atoms with E-state index in [2.05, 4.69) is 31.0 Å². The van der Waals surface area contributed by atoms with Crippen LogP contribution in [0.15, 0.2) is 24.8 Å². The maximum atomic E-state index is 3.83. The van der Waals surface area contributed by atoms with Gasteiger partial charge in [-0.1, -0.05) is 12.2 Å². The van der Waals surface area contributed by atoms with Crippen LogP contribution in [0.4, 0.5) is 0 Å². The fraction of sp³-hybridized carbons (Fsp3) is 0.636. The first kappa shape index (κ1) is 9.53. The summed E-state index contributed by atoms with van der Waals surface area (Å²) in [5.41, 5.74) is 0.356. The SMILES string of the molecule is C=CCC1(C=CC)CCCC[NH2+]1. The van der Waals surface area contributed by atoms with E-state index in [-0.39, 0.29) is 0 Å². The Morgan fingerprint density at radius 1 is 1.50 bits per heavy atom. The summed E-state index contributed by atoms with van der Waals surface area (Å²) in [5.74, 6) is 0. The minimum atomic E-state index is 0.356. The lowest BCUT2D eigenvalue weighted by Gasteiger charge is -2.31. The lowest BCUT2D eigenvalue weighted by Crippen LogP contribution is -2.97. The quantitative estimate of drug-likeness (QED) is 0.614. The summed E-state index contributed by atoms with van der Waals surface area (Å²) in [6, 6.07) is 0. The van der Waals surface area contributed by atoms with Crippen LogP contribution in [0.2, 0.25) is 0 Å². The highest BCUT2D eigenvalue weighted by Crippen LogP contribution is 2.19. The Balaban J connectivity index is 2.62. The van der Waals surface area contributed by atoms with Crippen LogP contribution in [0.1, 0.15) is 32.6 Å². The molecule has 1 unspecified atom stereocenters. The maximum Gasteiger partial charge on any atom is 0.118 e. The summed E-state index contributed by atoms with van der Waals surface area (Å²) in [6.45, 7) is 7.21. The van der Waals surface area contributed by atoms with Gasteiger partial charge < -0.3 is 5.32 Å². The molecule has 2 N–H and O–H groups in total. The minimum absolute atomic E-state index is 0.356. The number of piperidine rings is 1. The number of allylic oxidation sites excluding steroid dienone is 1. The van der Waals surface area contributed by atoms with E-state index < -0.39 is 0 Å². The molecule has 1 nitrogen and oxygen atoms in total. The highest BCUT2D eigenvalue weighted by molar-refractivity contribution is 5.03. The first-order chi connectivity index (χ1) is 5.83. The van der Waals surface area contributed by atoms with Gasteiger partial charge in [0.05, 0.1) is 6.54 Å². The third kappa shape index (κ3) is 2.21. The predicted octanol–water partition coefficient (Wildman–Crippen LogP) is 1.62. The maximum absolute atomic E-state index is 3.83. The monoisotopic (exact) mass is 166 g/mol. The lowest BCUT2D eigenvalue weighted by molar-refractivity contribution is -0.723. The van der Waals surface area contributed by atoms with Crippen molar-refractivity contribution in [2.75, 3.05) is 6.54 Å². The van der Waals surface area contributed by atoms with E-state index in [0.717, 1.165) is 6.42 Å². The molecule has 1 fully saturated rings. The smallest absolute Gasteiger partial charge is 0.118 e. The Morgan fingerprint density at radius 3 is 2.83 bits per heavy atom. The third-order valence-electron chi connectivity index (χ3n) is 2.67. The highest BCUT2D eigenvalue weighted by Gasteiger charge is 2.30. The molecule has 0 radical (unpaired) electrons. The summed E-state index contributed by atoms with van der Waals surface area (Å²) in [6.07, 6.45) is 11.7. The molecule has 0 amide bonds. The van der Waals surface area contributed by atoms with Gasteiger partial charge in [-0.05, 0) is 25.8 Å². The molecule has 1 rings (SSSR count). The van der Waals surface area contributed by atoms with E-state index in [1.54, 1.807) is 0 Å². The Bertz CT molecular complexity index is 164. The molecule has 68 valence electrons. The van der Waals surface area contributed by atoms with Crippen LogP contribution in [-0.4, -0.2) is 12.1 Å². The average Bonchev–Trinajstić information content (AvgIpc) is 2.07. The van der Waals surface area contributed by atoms with Gasteiger partial charge in [0, 0.05) is 12.8 Å². The van der Waals surface area contributed by atoms with Crippen molar-refractivity contribution in [1.29, 1.82) is 0 Å². The standard InChI is InChI=1S/C11H19N/c1-3-7-11(8-4-2)9-5-6-10-12-11/h3-4,8,12H,1,5-7,9-10H2,2H3/p+1. The molecule has 12 heavy (non-hydrogen) atoms. The van der Waals surface area contributed by atoms with Crippen molar-refractivity contribution >= 4 is 0 Å². The molecule has 0 aromatic heterocycles. The van der Waals surface area contributed by atoms with Gasteiger partial charge in [-0.15, -0.1) is 6.58 Å². The van der Waals surface area contributed by atoms with Gasteiger partial charge >= 0.3 is 0 Å². The van der Waals surface area contributed by atoms with Gasteiger partial charge in [0.1, 0.15) is 5.54 Å². The molecule has 0 spiro atoms. The lowest BCUT2D eigenvalue weighted by atomic mass is 9.85. The summed E-state index contributed by atoms with van der Waals surface area (Å²) in [7, 11) is 0. The van der Waals surface area contributed by atoms with Gasteiger partial charge in [0.2, 0.25) is 0 Å². The number of hydrogen-bond acceptors (Lipinski definition) is 0. The van der Waals surface area contributed by atoms with Crippen LogP contribution in [0.5, 0.6) is 0 Å². The second-order valence-corrected chi connectivity index (χ2v) is 3.68. The normalized spacial score (nSPS) is 30.8.